The van der Waals surface area contributed by atoms with Gasteiger partial charge in [0.1, 0.15) is 17.2 Å². The Morgan fingerprint density at radius 1 is 1.17 bits per heavy atom. The van der Waals surface area contributed by atoms with Crippen molar-refractivity contribution in [3.63, 3.8) is 0 Å². The van der Waals surface area contributed by atoms with Crippen molar-refractivity contribution in [2.75, 3.05) is 37.6 Å². The third kappa shape index (κ3) is 4.40. The summed E-state index contributed by atoms with van der Waals surface area (Å²) in [4.78, 5) is 26.9. The molecule has 1 atom stereocenters. The minimum absolute atomic E-state index is 0.0927. The molecule has 2 amide bonds. The Balaban J connectivity index is 1.79. The molecule has 2 aromatic rings. The van der Waals surface area contributed by atoms with E-state index in [-0.39, 0.29) is 24.8 Å². The molecule has 3 rings (SSSR count). The first kappa shape index (κ1) is 20.8. The quantitative estimate of drug-likeness (QED) is 0.741. The molecule has 154 valence electrons. The first-order chi connectivity index (χ1) is 14.0. The molecule has 1 saturated heterocycles. The predicted octanol–water partition coefficient (Wildman–Crippen LogP) is 3.75. The zero-order valence-corrected chi connectivity index (χ0v) is 17.3. The van der Waals surface area contributed by atoms with Gasteiger partial charge in [0.25, 0.3) is 0 Å². The largest absolute Gasteiger partial charge is 0.495 e. The minimum atomic E-state index is -0.511. The number of hydrogen-bond donors (Lipinski definition) is 1. The normalized spacial score (nSPS) is 15.9. The lowest BCUT2D eigenvalue weighted by atomic mass is 10.1. The lowest BCUT2D eigenvalue weighted by Crippen LogP contribution is -2.28. The van der Waals surface area contributed by atoms with E-state index < -0.39 is 5.92 Å². The van der Waals surface area contributed by atoms with Crippen LogP contribution in [-0.4, -0.2) is 39.2 Å². The van der Waals surface area contributed by atoms with Crippen LogP contribution in [0.5, 0.6) is 17.2 Å². The number of carbonyl (C=O) groups is 2. The number of nitrogens with zero attached hydrogens (tertiary/aromatic N) is 1. The molecule has 0 aromatic heterocycles. The molecule has 8 heteroatoms. The number of rotatable bonds is 7. The number of nitrogens with one attached hydrogen (secondary N) is 1. The van der Waals surface area contributed by atoms with Gasteiger partial charge in [0.05, 0.1) is 43.1 Å². The Labute approximate surface area is 174 Å². The number of benzene rings is 2. The molecular weight excluding hydrogens is 396 g/mol. The van der Waals surface area contributed by atoms with Gasteiger partial charge in [-0.2, -0.15) is 0 Å². The van der Waals surface area contributed by atoms with Gasteiger partial charge in [-0.05, 0) is 25.1 Å². The van der Waals surface area contributed by atoms with Gasteiger partial charge in [-0.15, -0.1) is 0 Å². The van der Waals surface area contributed by atoms with Crippen LogP contribution in [0.2, 0.25) is 5.02 Å². The van der Waals surface area contributed by atoms with E-state index in [1.165, 1.54) is 19.1 Å². The van der Waals surface area contributed by atoms with Crippen molar-refractivity contribution in [2.24, 2.45) is 5.92 Å². The van der Waals surface area contributed by atoms with Crippen molar-refractivity contribution in [1.82, 2.24) is 0 Å². The Bertz CT molecular complexity index is 918. The average Bonchev–Trinajstić information content (AvgIpc) is 3.11. The Morgan fingerprint density at radius 2 is 1.90 bits per heavy atom. The average molecular weight is 419 g/mol. The van der Waals surface area contributed by atoms with Crippen LogP contribution < -0.4 is 24.4 Å². The molecule has 2 aromatic carbocycles. The highest BCUT2D eigenvalue weighted by molar-refractivity contribution is 6.32. The summed E-state index contributed by atoms with van der Waals surface area (Å²) in [7, 11) is 3.00. The zero-order chi connectivity index (χ0) is 21.0. The third-order valence-corrected chi connectivity index (χ3v) is 4.98. The van der Waals surface area contributed by atoms with E-state index in [2.05, 4.69) is 5.32 Å². The fraction of sp³-hybridized carbons (Fsp3) is 0.333. The molecule has 0 aliphatic carbocycles. The van der Waals surface area contributed by atoms with E-state index in [0.29, 0.717) is 40.3 Å². The fourth-order valence-corrected chi connectivity index (χ4v) is 3.49. The van der Waals surface area contributed by atoms with Crippen LogP contribution >= 0.6 is 11.6 Å². The highest BCUT2D eigenvalue weighted by Crippen LogP contribution is 2.40. The lowest BCUT2D eigenvalue weighted by molar-refractivity contribution is -0.122. The van der Waals surface area contributed by atoms with Gasteiger partial charge in [-0.3, -0.25) is 9.59 Å². The Morgan fingerprint density at radius 3 is 2.59 bits per heavy atom. The van der Waals surface area contributed by atoms with Crippen LogP contribution in [0.1, 0.15) is 13.3 Å². The zero-order valence-electron chi connectivity index (χ0n) is 16.5. The first-order valence-electron chi connectivity index (χ1n) is 9.23. The molecular formula is C21H23ClN2O5. The van der Waals surface area contributed by atoms with Gasteiger partial charge in [0, 0.05) is 19.0 Å². The number of carbonyl (C=O) groups excluding carboxylic acids is 2. The summed E-state index contributed by atoms with van der Waals surface area (Å²) in [6.07, 6.45) is 0.0927. The standard InChI is InChI=1S/C21H23ClN2O5/c1-4-29-17-8-6-5-7-15(17)23-21(26)13-9-20(25)24(12-13)16-10-14(22)18(27-2)11-19(16)28-3/h5-8,10-11,13H,4,9,12H2,1-3H3,(H,23,26)/t13-/m1/s1. The van der Waals surface area contributed by atoms with Gasteiger partial charge in [0.2, 0.25) is 11.8 Å². The second-order valence-corrected chi connectivity index (χ2v) is 6.89. The number of halogens is 1. The smallest absolute Gasteiger partial charge is 0.229 e. The molecule has 1 fully saturated rings. The van der Waals surface area contributed by atoms with Crippen molar-refractivity contribution < 1.29 is 23.8 Å². The van der Waals surface area contributed by atoms with Gasteiger partial charge in [-0.1, -0.05) is 23.7 Å². The van der Waals surface area contributed by atoms with Crippen LogP contribution in [0.4, 0.5) is 11.4 Å². The van der Waals surface area contributed by atoms with Crippen LogP contribution in [-0.2, 0) is 9.59 Å². The molecule has 29 heavy (non-hydrogen) atoms. The highest BCUT2D eigenvalue weighted by Gasteiger charge is 2.37. The summed E-state index contributed by atoms with van der Waals surface area (Å²) >= 11 is 6.23. The van der Waals surface area contributed by atoms with Crippen LogP contribution in [0, 0.1) is 5.92 Å². The van der Waals surface area contributed by atoms with Crippen molar-refractivity contribution in [2.45, 2.75) is 13.3 Å². The molecule has 0 bridgehead atoms. The van der Waals surface area contributed by atoms with Gasteiger partial charge in [-0.25, -0.2) is 0 Å². The molecule has 0 radical (unpaired) electrons. The number of ether oxygens (including phenoxy) is 3. The van der Waals surface area contributed by atoms with E-state index in [4.69, 9.17) is 25.8 Å². The summed E-state index contributed by atoms with van der Waals surface area (Å²) in [5.74, 6) is 0.549. The maximum Gasteiger partial charge on any atom is 0.229 e. The predicted molar refractivity (Wildman–Crippen MR) is 111 cm³/mol. The summed E-state index contributed by atoms with van der Waals surface area (Å²) in [5, 5.41) is 3.22. The lowest BCUT2D eigenvalue weighted by Gasteiger charge is -2.21. The van der Waals surface area contributed by atoms with Crippen molar-refractivity contribution in [3.05, 3.63) is 41.4 Å². The van der Waals surface area contributed by atoms with E-state index >= 15 is 0 Å². The van der Waals surface area contributed by atoms with E-state index in [1.807, 2.05) is 19.1 Å². The number of amides is 2. The van der Waals surface area contributed by atoms with Crippen LogP contribution in [0.3, 0.4) is 0 Å². The number of hydrogen-bond acceptors (Lipinski definition) is 5. The third-order valence-electron chi connectivity index (χ3n) is 4.68. The number of methoxy groups -OCH3 is 2. The van der Waals surface area contributed by atoms with E-state index in [1.54, 1.807) is 24.3 Å². The highest BCUT2D eigenvalue weighted by atomic mass is 35.5. The number of para-hydroxylation sites is 2. The maximum absolute atomic E-state index is 12.8. The Kier molecular flexibility index (Phi) is 6.49. The summed E-state index contributed by atoms with van der Waals surface area (Å²) in [6, 6.07) is 10.4. The maximum atomic E-state index is 12.8. The SMILES string of the molecule is CCOc1ccccc1NC(=O)[C@@H]1CC(=O)N(c2cc(Cl)c(OC)cc2OC)C1. The summed E-state index contributed by atoms with van der Waals surface area (Å²) < 4.78 is 16.1. The first-order valence-corrected chi connectivity index (χ1v) is 9.60. The van der Waals surface area contributed by atoms with Gasteiger partial charge < -0.3 is 24.4 Å². The minimum Gasteiger partial charge on any atom is -0.495 e. The summed E-state index contributed by atoms with van der Waals surface area (Å²) in [5.41, 5.74) is 1.09. The molecule has 1 aliphatic heterocycles. The fourth-order valence-electron chi connectivity index (χ4n) is 3.26. The molecule has 0 unspecified atom stereocenters. The topological polar surface area (TPSA) is 77.1 Å². The van der Waals surface area contributed by atoms with Gasteiger partial charge >= 0.3 is 0 Å². The number of anilines is 2. The second kappa shape index (κ2) is 9.05. The molecule has 0 spiro atoms. The van der Waals surface area contributed by atoms with E-state index in [9.17, 15) is 9.59 Å². The van der Waals surface area contributed by atoms with E-state index in [0.717, 1.165) is 0 Å². The monoisotopic (exact) mass is 418 g/mol. The molecule has 1 aliphatic rings. The Hall–Kier alpha value is -2.93. The summed E-state index contributed by atoms with van der Waals surface area (Å²) in [6.45, 7) is 2.58. The van der Waals surface area contributed by atoms with Crippen LogP contribution in [0.15, 0.2) is 36.4 Å². The molecule has 0 saturated carbocycles. The van der Waals surface area contributed by atoms with Crippen molar-refractivity contribution in [3.8, 4) is 17.2 Å². The van der Waals surface area contributed by atoms with Gasteiger partial charge in [0.15, 0.2) is 0 Å². The van der Waals surface area contributed by atoms with Crippen molar-refractivity contribution >= 4 is 34.8 Å². The molecule has 7 nitrogen and oxygen atoms in total. The molecule has 1 N–H and O–H groups in total. The van der Waals surface area contributed by atoms with Crippen molar-refractivity contribution in [1.29, 1.82) is 0 Å². The molecule has 1 heterocycles. The second-order valence-electron chi connectivity index (χ2n) is 6.48. The van der Waals surface area contributed by atoms with Crippen LogP contribution in [0.25, 0.3) is 0 Å².